The van der Waals surface area contributed by atoms with Gasteiger partial charge in [-0.25, -0.2) is 9.78 Å². The Morgan fingerprint density at radius 1 is 1.19 bits per heavy atom. The molecule has 1 heterocycles. The number of hydrogen-bond donors (Lipinski definition) is 1. The first-order valence-electron chi connectivity index (χ1n) is 9.20. The Morgan fingerprint density at radius 2 is 1.87 bits per heavy atom. The van der Waals surface area contributed by atoms with Crippen molar-refractivity contribution in [3.8, 4) is 11.1 Å². The quantitative estimate of drug-likeness (QED) is 0.314. The van der Waals surface area contributed by atoms with Gasteiger partial charge in [0.2, 0.25) is 0 Å². The predicted molar refractivity (Wildman–Crippen MR) is 121 cm³/mol. The van der Waals surface area contributed by atoms with Crippen LogP contribution >= 0.6 is 11.8 Å². The highest BCUT2D eigenvalue weighted by Crippen LogP contribution is 2.29. The standard InChI is InChI=1S/C21H22N4O4S2/c1-24(2)14-23-31(28,29)18-7-5-4-6-17(18)16-10-8-15(9-11-16)12-25-13-22-20(30-3)19(25)21(26)27/h4-11,13-14H,12H2,1-3H3,(H,26,27). The van der Waals surface area contributed by atoms with Crippen molar-refractivity contribution in [1.82, 2.24) is 14.5 Å². The smallest absolute Gasteiger partial charge is 0.355 e. The zero-order valence-corrected chi connectivity index (χ0v) is 18.9. The van der Waals surface area contributed by atoms with E-state index in [-0.39, 0.29) is 10.6 Å². The Morgan fingerprint density at radius 3 is 2.48 bits per heavy atom. The summed E-state index contributed by atoms with van der Waals surface area (Å²) in [5, 5.41) is 9.94. The fourth-order valence-electron chi connectivity index (χ4n) is 2.98. The number of thioether (sulfide) groups is 1. The van der Waals surface area contributed by atoms with Gasteiger partial charge in [0.1, 0.15) is 11.4 Å². The molecule has 162 valence electrons. The molecule has 31 heavy (non-hydrogen) atoms. The van der Waals surface area contributed by atoms with E-state index in [0.29, 0.717) is 17.1 Å². The molecule has 3 rings (SSSR count). The van der Waals surface area contributed by atoms with Crippen molar-refractivity contribution in [1.29, 1.82) is 0 Å². The highest BCUT2D eigenvalue weighted by atomic mass is 32.2. The average molecular weight is 459 g/mol. The molecule has 0 aliphatic carbocycles. The van der Waals surface area contributed by atoms with E-state index in [1.165, 1.54) is 30.5 Å². The molecule has 1 aromatic heterocycles. The van der Waals surface area contributed by atoms with Crippen molar-refractivity contribution in [2.24, 2.45) is 4.40 Å². The summed E-state index contributed by atoms with van der Waals surface area (Å²) >= 11 is 1.28. The summed E-state index contributed by atoms with van der Waals surface area (Å²) in [6.45, 7) is 0.336. The van der Waals surface area contributed by atoms with E-state index >= 15 is 0 Å². The highest BCUT2D eigenvalue weighted by molar-refractivity contribution is 7.98. The van der Waals surface area contributed by atoms with Crippen LogP contribution in [0.25, 0.3) is 11.1 Å². The molecule has 8 nitrogen and oxygen atoms in total. The second kappa shape index (κ2) is 9.36. The van der Waals surface area contributed by atoms with Crippen LogP contribution in [0.1, 0.15) is 16.1 Å². The Kier molecular flexibility index (Phi) is 6.81. The lowest BCUT2D eigenvalue weighted by atomic mass is 10.0. The van der Waals surface area contributed by atoms with Crippen LogP contribution in [0.4, 0.5) is 0 Å². The van der Waals surface area contributed by atoms with E-state index in [2.05, 4.69) is 9.38 Å². The molecule has 0 spiro atoms. The summed E-state index contributed by atoms with van der Waals surface area (Å²) in [7, 11) is -0.468. The molecular weight excluding hydrogens is 436 g/mol. The lowest BCUT2D eigenvalue weighted by molar-refractivity contribution is 0.0681. The van der Waals surface area contributed by atoms with Crippen LogP contribution in [-0.4, -0.2) is 60.6 Å². The molecule has 0 aliphatic heterocycles. The number of nitrogens with zero attached hydrogens (tertiary/aromatic N) is 4. The second-order valence-electron chi connectivity index (χ2n) is 6.89. The van der Waals surface area contributed by atoms with Crippen LogP contribution in [0.5, 0.6) is 0 Å². The number of sulfonamides is 1. The van der Waals surface area contributed by atoms with Gasteiger partial charge in [-0.05, 0) is 23.4 Å². The summed E-state index contributed by atoms with van der Waals surface area (Å²) in [6, 6.07) is 14.0. The molecular formula is C21H22N4O4S2. The molecule has 0 aliphatic rings. The van der Waals surface area contributed by atoms with Gasteiger partial charge in [-0.1, -0.05) is 42.5 Å². The number of carbonyl (C=O) groups is 1. The average Bonchev–Trinajstić information content (AvgIpc) is 3.16. The van der Waals surface area contributed by atoms with Crippen LogP contribution in [0, 0.1) is 0 Å². The fraction of sp³-hybridized carbons (Fsp3) is 0.190. The molecule has 0 atom stereocenters. The summed E-state index contributed by atoms with van der Waals surface area (Å²) in [5.41, 5.74) is 2.27. The van der Waals surface area contributed by atoms with Crippen molar-refractivity contribution in [3.05, 3.63) is 66.1 Å². The Balaban J connectivity index is 1.92. The maximum absolute atomic E-state index is 12.7. The number of carboxylic acid groups (broad SMARTS) is 1. The van der Waals surface area contributed by atoms with Crippen molar-refractivity contribution in [2.45, 2.75) is 16.5 Å². The number of imidazole rings is 1. The van der Waals surface area contributed by atoms with E-state index in [1.807, 2.05) is 24.3 Å². The zero-order valence-electron chi connectivity index (χ0n) is 17.3. The van der Waals surface area contributed by atoms with E-state index in [0.717, 1.165) is 11.1 Å². The third kappa shape index (κ3) is 5.15. The lowest BCUT2D eigenvalue weighted by Crippen LogP contribution is -2.10. The largest absolute Gasteiger partial charge is 0.476 e. The Labute approximate surface area is 185 Å². The number of aromatic carboxylic acids is 1. The first kappa shape index (κ1) is 22.6. The SMILES string of the molecule is CSc1ncn(Cc2ccc(-c3ccccc3S(=O)(=O)N=CN(C)C)cc2)c1C(=O)O. The van der Waals surface area contributed by atoms with Crippen LogP contribution in [-0.2, 0) is 16.6 Å². The maximum atomic E-state index is 12.7. The van der Waals surface area contributed by atoms with Gasteiger partial charge < -0.3 is 14.6 Å². The second-order valence-corrected chi connectivity index (χ2v) is 9.28. The highest BCUT2D eigenvalue weighted by Gasteiger charge is 2.19. The van der Waals surface area contributed by atoms with E-state index in [4.69, 9.17) is 0 Å². The van der Waals surface area contributed by atoms with Crippen LogP contribution in [0.15, 0.2) is 69.2 Å². The van der Waals surface area contributed by atoms with Gasteiger partial charge in [-0.15, -0.1) is 16.2 Å². The van der Waals surface area contributed by atoms with Gasteiger partial charge in [0.25, 0.3) is 10.0 Å². The van der Waals surface area contributed by atoms with Crippen LogP contribution in [0.2, 0.25) is 0 Å². The van der Waals surface area contributed by atoms with E-state index in [1.54, 1.807) is 48.0 Å². The fourth-order valence-corrected chi connectivity index (χ4v) is 4.67. The van der Waals surface area contributed by atoms with Crippen molar-refractivity contribution >= 4 is 34.1 Å². The molecule has 0 radical (unpaired) electrons. The summed E-state index contributed by atoms with van der Waals surface area (Å²) in [6.07, 6.45) is 4.54. The minimum absolute atomic E-state index is 0.119. The molecule has 1 N–H and O–H groups in total. The van der Waals surface area contributed by atoms with Crippen LogP contribution < -0.4 is 0 Å². The topological polar surface area (TPSA) is 105 Å². The van der Waals surface area contributed by atoms with Crippen molar-refractivity contribution < 1.29 is 18.3 Å². The molecule has 0 bridgehead atoms. The van der Waals surface area contributed by atoms with Crippen molar-refractivity contribution in [3.63, 3.8) is 0 Å². The molecule has 2 aromatic carbocycles. The van der Waals surface area contributed by atoms with Crippen LogP contribution in [0.3, 0.4) is 0 Å². The van der Waals surface area contributed by atoms with Gasteiger partial charge in [-0.2, -0.15) is 8.42 Å². The molecule has 0 fully saturated rings. The number of benzene rings is 2. The third-order valence-corrected chi connectivity index (χ3v) is 6.37. The molecule has 0 saturated heterocycles. The Hall–Kier alpha value is -3.11. The predicted octanol–water partition coefficient (Wildman–Crippen LogP) is 3.30. The van der Waals surface area contributed by atoms with Gasteiger partial charge in [0, 0.05) is 26.2 Å². The third-order valence-electron chi connectivity index (χ3n) is 4.40. The summed E-state index contributed by atoms with van der Waals surface area (Å²) in [5.74, 6) is -1.03. The summed E-state index contributed by atoms with van der Waals surface area (Å²) < 4.78 is 30.7. The van der Waals surface area contributed by atoms with Crippen molar-refractivity contribution in [2.75, 3.05) is 20.4 Å². The summed E-state index contributed by atoms with van der Waals surface area (Å²) in [4.78, 5) is 17.4. The molecule has 0 unspecified atom stereocenters. The lowest BCUT2D eigenvalue weighted by Gasteiger charge is -2.11. The monoisotopic (exact) mass is 458 g/mol. The number of carboxylic acids is 1. The van der Waals surface area contributed by atoms with E-state index in [9.17, 15) is 18.3 Å². The number of aromatic nitrogens is 2. The number of rotatable bonds is 8. The molecule has 0 amide bonds. The van der Waals surface area contributed by atoms with Gasteiger partial charge >= 0.3 is 5.97 Å². The number of hydrogen-bond acceptors (Lipinski definition) is 5. The molecule has 10 heteroatoms. The first-order chi connectivity index (χ1) is 14.7. The van der Waals surface area contributed by atoms with Gasteiger partial charge in [-0.3, -0.25) is 0 Å². The molecule has 3 aromatic rings. The Bertz CT molecular complexity index is 1220. The maximum Gasteiger partial charge on any atom is 0.355 e. The normalized spacial score (nSPS) is 11.7. The van der Waals surface area contributed by atoms with Gasteiger partial charge in [0.15, 0.2) is 5.69 Å². The van der Waals surface area contributed by atoms with E-state index < -0.39 is 16.0 Å². The minimum atomic E-state index is -3.86. The van der Waals surface area contributed by atoms with Gasteiger partial charge in [0.05, 0.1) is 11.2 Å². The first-order valence-corrected chi connectivity index (χ1v) is 11.9. The molecule has 0 saturated carbocycles. The minimum Gasteiger partial charge on any atom is -0.476 e. The zero-order chi connectivity index (χ0) is 22.6.